The second-order valence-electron chi connectivity index (χ2n) is 5.26. The largest absolute Gasteiger partial charge is 0.392 e. The smallest absolute Gasteiger partial charge is 0.237 e. The Bertz CT molecular complexity index is 510. The molecule has 3 unspecified atom stereocenters. The Morgan fingerprint density at radius 3 is 2.95 bits per heavy atom. The zero-order valence-corrected chi connectivity index (χ0v) is 12.5. The van der Waals surface area contributed by atoms with Gasteiger partial charge in [-0.3, -0.25) is 4.79 Å². The van der Waals surface area contributed by atoms with Crippen LogP contribution >= 0.6 is 24.0 Å². The highest BCUT2D eigenvalue weighted by atomic mass is 35.5. The van der Waals surface area contributed by atoms with E-state index in [-0.39, 0.29) is 30.4 Å². The van der Waals surface area contributed by atoms with Crippen molar-refractivity contribution in [3.63, 3.8) is 0 Å². The second kappa shape index (κ2) is 6.31. The van der Waals surface area contributed by atoms with Gasteiger partial charge in [-0.1, -0.05) is 23.7 Å². The first-order valence-corrected chi connectivity index (χ1v) is 7.02. The molecular formula is C14H18Cl2N2O2. The number of hydrogen-bond donors (Lipinski definition) is 3. The van der Waals surface area contributed by atoms with Gasteiger partial charge in [0.05, 0.1) is 18.2 Å². The average Bonchev–Trinajstić information content (AvgIpc) is 2.98. The molecule has 2 aliphatic rings. The minimum absolute atomic E-state index is 0. The lowest BCUT2D eigenvalue weighted by Crippen LogP contribution is -2.41. The zero-order valence-electron chi connectivity index (χ0n) is 10.9. The van der Waals surface area contributed by atoms with E-state index in [0.29, 0.717) is 13.0 Å². The van der Waals surface area contributed by atoms with E-state index in [1.54, 1.807) is 0 Å². The van der Waals surface area contributed by atoms with Crippen molar-refractivity contribution < 1.29 is 9.90 Å². The summed E-state index contributed by atoms with van der Waals surface area (Å²) in [5.41, 5.74) is 2.27. The van der Waals surface area contributed by atoms with Crippen molar-refractivity contribution in [1.29, 1.82) is 0 Å². The van der Waals surface area contributed by atoms with Gasteiger partial charge >= 0.3 is 0 Å². The molecule has 110 valence electrons. The molecule has 1 aliphatic carbocycles. The Balaban J connectivity index is 0.00000147. The highest BCUT2D eigenvalue weighted by Crippen LogP contribution is 2.35. The number of rotatable bonds is 2. The highest BCUT2D eigenvalue weighted by Gasteiger charge is 2.31. The molecule has 0 saturated carbocycles. The lowest BCUT2D eigenvalue weighted by Gasteiger charge is -2.17. The number of β-amino-alcohol motifs (C(OH)–C–C–N with tert-alkyl or cyclic N) is 1. The van der Waals surface area contributed by atoms with E-state index >= 15 is 0 Å². The van der Waals surface area contributed by atoms with Crippen molar-refractivity contribution in [1.82, 2.24) is 10.6 Å². The van der Waals surface area contributed by atoms with Gasteiger partial charge in [0.1, 0.15) is 0 Å². The summed E-state index contributed by atoms with van der Waals surface area (Å²) in [4.78, 5) is 12.1. The van der Waals surface area contributed by atoms with Gasteiger partial charge in [0, 0.05) is 11.6 Å². The van der Waals surface area contributed by atoms with E-state index < -0.39 is 6.10 Å². The van der Waals surface area contributed by atoms with E-state index in [0.717, 1.165) is 29.0 Å². The van der Waals surface area contributed by atoms with Crippen LogP contribution in [0.3, 0.4) is 0 Å². The van der Waals surface area contributed by atoms with Gasteiger partial charge in [0.2, 0.25) is 5.91 Å². The summed E-state index contributed by atoms with van der Waals surface area (Å²) in [5, 5.41) is 16.3. The summed E-state index contributed by atoms with van der Waals surface area (Å²) in [6, 6.07) is 5.60. The van der Waals surface area contributed by atoms with Crippen molar-refractivity contribution >= 4 is 29.9 Å². The van der Waals surface area contributed by atoms with Gasteiger partial charge in [-0.2, -0.15) is 0 Å². The molecule has 1 heterocycles. The molecule has 3 atom stereocenters. The third-order valence-electron chi connectivity index (χ3n) is 3.95. The van der Waals surface area contributed by atoms with Gasteiger partial charge in [0.15, 0.2) is 0 Å². The van der Waals surface area contributed by atoms with Crippen molar-refractivity contribution in [3.8, 4) is 0 Å². The predicted octanol–water partition coefficient (Wildman–Crippen LogP) is 1.59. The predicted molar refractivity (Wildman–Crippen MR) is 80.3 cm³/mol. The SMILES string of the molecule is Cl.O=C(NC1CCc2c(Cl)cccc21)C1CC(O)CN1. The Labute approximate surface area is 129 Å². The summed E-state index contributed by atoms with van der Waals surface area (Å²) in [6.45, 7) is 0.491. The molecule has 1 saturated heterocycles. The van der Waals surface area contributed by atoms with Crippen molar-refractivity contribution in [2.75, 3.05) is 6.54 Å². The quantitative estimate of drug-likeness (QED) is 0.776. The molecule has 1 aliphatic heterocycles. The fraction of sp³-hybridized carbons (Fsp3) is 0.500. The summed E-state index contributed by atoms with van der Waals surface area (Å²) in [5.74, 6) is -0.0330. The van der Waals surface area contributed by atoms with Crippen molar-refractivity contribution in [3.05, 3.63) is 34.3 Å². The van der Waals surface area contributed by atoms with Crippen LogP contribution in [0, 0.1) is 0 Å². The molecule has 1 aromatic rings. The summed E-state index contributed by atoms with van der Waals surface area (Å²) in [7, 11) is 0. The number of aliphatic hydroxyl groups excluding tert-OH is 1. The standard InChI is InChI=1S/C14H17ClN2O2.ClH/c15-11-3-1-2-10-9(11)4-5-12(10)17-14(19)13-6-8(18)7-16-13;/h1-3,8,12-13,16,18H,4-7H2,(H,17,19);1H. The van der Waals surface area contributed by atoms with Gasteiger partial charge in [-0.05, 0) is 36.5 Å². The number of hydrogen-bond acceptors (Lipinski definition) is 3. The number of aliphatic hydroxyl groups is 1. The Kier molecular flexibility index (Phi) is 4.91. The Morgan fingerprint density at radius 1 is 1.45 bits per heavy atom. The molecule has 1 amide bonds. The minimum atomic E-state index is -0.416. The first-order valence-electron chi connectivity index (χ1n) is 6.64. The molecule has 0 bridgehead atoms. The highest BCUT2D eigenvalue weighted by molar-refractivity contribution is 6.31. The van der Waals surface area contributed by atoms with E-state index in [9.17, 15) is 9.90 Å². The van der Waals surface area contributed by atoms with E-state index in [2.05, 4.69) is 10.6 Å². The summed E-state index contributed by atoms with van der Waals surface area (Å²) >= 11 is 6.16. The van der Waals surface area contributed by atoms with E-state index in [1.165, 1.54) is 0 Å². The fourth-order valence-electron chi connectivity index (χ4n) is 2.95. The van der Waals surface area contributed by atoms with Crippen LogP contribution in [-0.2, 0) is 11.2 Å². The summed E-state index contributed by atoms with van der Waals surface area (Å²) < 4.78 is 0. The molecule has 1 fully saturated rings. The number of carbonyl (C=O) groups is 1. The van der Waals surface area contributed by atoms with Crippen LogP contribution in [-0.4, -0.2) is 29.7 Å². The van der Waals surface area contributed by atoms with Gasteiger partial charge in [-0.25, -0.2) is 0 Å². The molecule has 0 radical (unpaired) electrons. The third-order valence-corrected chi connectivity index (χ3v) is 4.31. The van der Waals surface area contributed by atoms with Gasteiger partial charge in [-0.15, -0.1) is 12.4 Å². The maximum absolute atomic E-state index is 12.1. The molecular weight excluding hydrogens is 299 g/mol. The first-order chi connectivity index (χ1) is 9.15. The zero-order chi connectivity index (χ0) is 13.4. The van der Waals surface area contributed by atoms with Crippen molar-refractivity contribution in [2.45, 2.75) is 37.5 Å². The number of halogens is 2. The van der Waals surface area contributed by atoms with Gasteiger partial charge < -0.3 is 15.7 Å². The second-order valence-corrected chi connectivity index (χ2v) is 5.67. The summed E-state index contributed by atoms with van der Waals surface area (Å²) in [6.07, 6.45) is 1.86. The molecule has 4 nitrogen and oxygen atoms in total. The molecule has 3 rings (SSSR count). The van der Waals surface area contributed by atoms with Crippen LogP contribution in [0.5, 0.6) is 0 Å². The lowest BCUT2D eigenvalue weighted by atomic mass is 10.1. The lowest BCUT2D eigenvalue weighted by molar-refractivity contribution is -0.123. The topological polar surface area (TPSA) is 61.4 Å². The molecule has 0 spiro atoms. The van der Waals surface area contributed by atoms with Crippen LogP contribution in [0.25, 0.3) is 0 Å². The maximum atomic E-state index is 12.1. The Hall–Kier alpha value is -0.810. The monoisotopic (exact) mass is 316 g/mol. The number of amides is 1. The molecule has 3 N–H and O–H groups in total. The first kappa shape index (κ1) is 15.6. The van der Waals surface area contributed by atoms with Crippen LogP contribution < -0.4 is 10.6 Å². The van der Waals surface area contributed by atoms with Crippen molar-refractivity contribution in [2.24, 2.45) is 0 Å². The van der Waals surface area contributed by atoms with Crippen LogP contribution in [0.2, 0.25) is 5.02 Å². The van der Waals surface area contributed by atoms with Gasteiger partial charge in [0.25, 0.3) is 0 Å². The van der Waals surface area contributed by atoms with Crippen LogP contribution in [0.4, 0.5) is 0 Å². The minimum Gasteiger partial charge on any atom is -0.392 e. The van der Waals surface area contributed by atoms with E-state index in [1.807, 2.05) is 18.2 Å². The molecule has 0 aromatic heterocycles. The molecule has 6 heteroatoms. The maximum Gasteiger partial charge on any atom is 0.237 e. The normalized spacial score (nSPS) is 27.8. The molecule has 20 heavy (non-hydrogen) atoms. The fourth-order valence-corrected chi connectivity index (χ4v) is 3.23. The van der Waals surface area contributed by atoms with Crippen LogP contribution in [0.1, 0.15) is 30.0 Å². The van der Waals surface area contributed by atoms with Crippen LogP contribution in [0.15, 0.2) is 18.2 Å². The molecule has 1 aromatic carbocycles. The number of carbonyl (C=O) groups excluding carboxylic acids is 1. The third kappa shape index (κ3) is 2.93. The number of nitrogens with one attached hydrogen (secondary N) is 2. The number of benzene rings is 1. The average molecular weight is 317 g/mol. The Morgan fingerprint density at radius 2 is 2.25 bits per heavy atom. The van der Waals surface area contributed by atoms with E-state index in [4.69, 9.17) is 11.6 Å². The number of fused-ring (bicyclic) bond motifs is 1.